The van der Waals surface area contributed by atoms with Gasteiger partial charge in [0.1, 0.15) is 0 Å². The largest absolute Gasteiger partial charge is 0.422 e. The van der Waals surface area contributed by atoms with E-state index in [1.54, 1.807) is 0 Å². The van der Waals surface area contributed by atoms with E-state index in [0.717, 1.165) is 36.4 Å². The predicted molar refractivity (Wildman–Crippen MR) is 116 cm³/mol. The minimum absolute atomic E-state index is 0.0606. The van der Waals surface area contributed by atoms with Crippen molar-refractivity contribution in [2.24, 2.45) is 5.92 Å². The van der Waals surface area contributed by atoms with Gasteiger partial charge in [0.25, 0.3) is 0 Å². The van der Waals surface area contributed by atoms with E-state index in [0.29, 0.717) is 5.56 Å². The number of rotatable bonds is 8. The van der Waals surface area contributed by atoms with Crippen LogP contribution in [0.4, 0.5) is 22.0 Å². The van der Waals surface area contributed by atoms with E-state index in [1.165, 1.54) is 63.5 Å². The molecular formula is C24H33F5OSi. The van der Waals surface area contributed by atoms with Gasteiger partial charge in [-0.1, -0.05) is 70.4 Å². The highest BCUT2D eigenvalue weighted by atomic mass is 28.3. The predicted octanol–water partition coefficient (Wildman–Crippen LogP) is 8.62. The topological polar surface area (TPSA) is 9.23 Å². The van der Waals surface area contributed by atoms with Crippen molar-refractivity contribution in [3.8, 4) is 5.75 Å². The van der Waals surface area contributed by atoms with Gasteiger partial charge >= 0.3 is 12.1 Å². The number of unbranched alkanes of at least 4 members (excludes halogenated alkanes) is 2. The lowest BCUT2D eigenvalue weighted by Crippen LogP contribution is -2.29. The van der Waals surface area contributed by atoms with Gasteiger partial charge < -0.3 is 4.74 Å². The van der Waals surface area contributed by atoms with Crippen LogP contribution < -0.4 is 4.74 Å². The highest BCUT2D eigenvalue weighted by molar-refractivity contribution is 6.60. The van der Waals surface area contributed by atoms with Crippen molar-refractivity contribution in [2.45, 2.75) is 94.7 Å². The smallest absolute Gasteiger partial charge is 0.344 e. The summed E-state index contributed by atoms with van der Waals surface area (Å²) >= 11 is 0. The van der Waals surface area contributed by atoms with Crippen molar-refractivity contribution in [1.82, 2.24) is 0 Å². The second-order valence-corrected chi connectivity index (χ2v) is 13.0. The van der Waals surface area contributed by atoms with E-state index in [2.05, 4.69) is 11.7 Å². The molecule has 0 bridgehead atoms. The Balaban J connectivity index is 1.51. The standard InChI is InChI=1S/C24H33F5OSi/c1-2-3-4-5-16-6-8-19(9-7-16)31-12-10-17(11-13-31)18-14-20(25)22(21(26)15-18)30-24(29)23(27)28/h14-17,19,31H,2-13H2,1H3. The van der Waals surface area contributed by atoms with Crippen molar-refractivity contribution in [3.63, 3.8) is 0 Å². The summed E-state index contributed by atoms with van der Waals surface area (Å²) in [7, 11) is -0.847. The summed E-state index contributed by atoms with van der Waals surface area (Å²) in [5, 5.41) is 0. The third-order valence-electron chi connectivity index (χ3n) is 7.38. The SMILES string of the molecule is CCCCCC1CCC([SiH]2CCC(c3cc(F)c(OC(F)=C(F)F)c(F)c3)CC2)CC1. The van der Waals surface area contributed by atoms with Crippen LogP contribution in [-0.4, -0.2) is 8.80 Å². The van der Waals surface area contributed by atoms with Crippen LogP contribution in [-0.2, 0) is 0 Å². The maximum Gasteiger partial charge on any atom is 0.344 e. The first-order valence-corrected chi connectivity index (χ1v) is 14.1. The quantitative estimate of drug-likeness (QED) is 0.163. The van der Waals surface area contributed by atoms with E-state index in [-0.39, 0.29) is 5.92 Å². The molecule has 0 N–H and O–H groups in total. The van der Waals surface area contributed by atoms with Crippen molar-refractivity contribution in [2.75, 3.05) is 0 Å². The summed E-state index contributed by atoms with van der Waals surface area (Å²) in [5.41, 5.74) is 1.41. The molecule has 1 saturated carbocycles. The minimum atomic E-state index is -2.75. The molecule has 0 unspecified atom stereocenters. The molecule has 0 atom stereocenters. The van der Waals surface area contributed by atoms with Crippen LogP contribution in [0.15, 0.2) is 24.2 Å². The van der Waals surface area contributed by atoms with Crippen molar-refractivity contribution < 1.29 is 26.7 Å². The van der Waals surface area contributed by atoms with Crippen LogP contribution in [0.2, 0.25) is 17.6 Å². The Morgan fingerprint density at radius 2 is 1.55 bits per heavy atom. The number of ether oxygens (including phenoxy) is 1. The first-order valence-electron chi connectivity index (χ1n) is 11.8. The molecule has 1 nitrogen and oxygen atoms in total. The summed E-state index contributed by atoms with van der Waals surface area (Å²) in [6, 6.07) is 2.30. The molecular weight excluding hydrogens is 427 g/mol. The summed E-state index contributed by atoms with van der Waals surface area (Å²) in [5.74, 6) is -2.44. The van der Waals surface area contributed by atoms with Gasteiger partial charge in [0.2, 0.25) is 5.75 Å². The summed E-state index contributed by atoms with van der Waals surface area (Å²) < 4.78 is 69.7. The number of halogens is 5. The molecule has 3 rings (SSSR count). The molecule has 1 aromatic carbocycles. The highest BCUT2D eigenvalue weighted by Gasteiger charge is 2.32. The first-order chi connectivity index (χ1) is 14.9. The summed E-state index contributed by atoms with van der Waals surface area (Å²) in [6.45, 7) is 2.24. The fourth-order valence-electron chi connectivity index (χ4n) is 5.60. The van der Waals surface area contributed by atoms with E-state index in [9.17, 15) is 22.0 Å². The molecule has 1 aliphatic heterocycles. The van der Waals surface area contributed by atoms with Crippen molar-refractivity contribution >= 4 is 8.80 Å². The van der Waals surface area contributed by atoms with Gasteiger partial charge in [-0.2, -0.15) is 13.2 Å². The average molecular weight is 461 g/mol. The molecule has 1 aliphatic carbocycles. The molecule has 2 aliphatic rings. The van der Waals surface area contributed by atoms with Crippen molar-refractivity contribution in [3.05, 3.63) is 41.4 Å². The molecule has 174 valence electrons. The van der Waals surface area contributed by atoms with Crippen LogP contribution >= 0.6 is 0 Å². The number of hydrogen-bond donors (Lipinski definition) is 0. The summed E-state index contributed by atoms with van der Waals surface area (Å²) in [6.07, 6.45) is 9.88. The molecule has 0 aromatic heterocycles. The van der Waals surface area contributed by atoms with Gasteiger partial charge in [-0.05, 0) is 47.9 Å². The van der Waals surface area contributed by atoms with Crippen LogP contribution in [0.25, 0.3) is 0 Å². The van der Waals surface area contributed by atoms with Crippen LogP contribution in [0.1, 0.15) is 82.6 Å². The monoisotopic (exact) mass is 460 g/mol. The number of hydrogen-bond acceptors (Lipinski definition) is 1. The zero-order valence-electron chi connectivity index (χ0n) is 18.2. The maximum absolute atomic E-state index is 14.2. The first kappa shape index (κ1) is 24.3. The Kier molecular flexibility index (Phi) is 8.99. The third-order valence-corrected chi connectivity index (χ3v) is 11.5. The fourth-order valence-corrected chi connectivity index (χ4v) is 9.82. The molecule has 7 heteroatoms. The average Bonchev–Trinajstić information content (AvgIpc) is 2.76. The third kappa shape index (κ3) is 6.56. The van der Waals surface area contributed by atoms with E-state index in [4.69, 9.17) is 0 Å². The van der Waals surface area contributed by atoms with Crippen LogP contribution in [0.3, 0.4) is 0 Å². The second-order valence-electron chi connectivity index (χ2n) is 9.34. The van der Waals surface area contributed by atoms with E-state index >= 15 is 0 Å². The van der Waals surface area contributed by atoms with Crippen molar-refractivity contribution in [1.29, 1.82) is 0 Å². The highest BCUT2D eigenvalue weighted by Crippen LogP contribution is 2.44. The second kappa shape index (κ2) is 11.5. The Bertz CT molecular complexity index is 725. The molecule has 1 aromatic rings. The Morgan fingerprint density at radius 3 is 2.10 bits per heavy atom. The van der Waals surface area contributed by atoms with Gasteiger partial charge in [0, 0.05) is 8.80 Å². The van der Waals surface area contributed by atoms with E-state index < -0.39 is 38.3 Å². The fraction of sp³-hybridized carbons (Fsp3) is 0.667. The Labute approximate surface area is 183 Å². The molecule has 0 amide bonds. The number of benzene rings is 1. The van der Waals surface area contributed by atoms with Gasteiger partial charge in [-0.15, -0.1) is 0 Å². The Hall–Kier alpha value is -1.37. The molecule has 2 fully saturated rings. The molecule has 31 heavy (non-hydrogen) atoms. The molecule has 1 heterocycles. The molecule has 0 radical (unpaired) electrons. The lowest BCUT2D eigenvalue weighted by atomic mass is 9.85. The van der Waals surface area contributed by atoms with Gasteiger partial charge in [0.15, 0.2) is 11.6 Å². The maximum atomic E-state index is 14.2. The molecule has 1 saturated heterocycles. The zero-order chi connectivity index (χ0) is 22.4. The zero-order valence-corrected chi connectivity index (χ0v) is 19.4. The molecule has 0 spiro atoms. The summed E-state index contributed by atoms with van der Waals surface area (Å²) in [4.78, 5) is 0. The van der Waals surface area contributed by atoms with Gasteiger partial charge in [-0.25, -0.2) is 8.78 Å². The minimum Gasteiger partial charge on any atom is -0.422 e. The van der Waals surface area contributed by atoms with Gasteiger partial charge in [-0.3, -0.25) is 0 Å². The lowest BCUT2D eigenvalue weighted by Gasteiger charge is -2.37. The van der Waals surface area contributed by atoms with Gasteiger partial charge in [0.05, 0.1) is 0 Å². The Morgan fingerprint density at radius 1 is 0.935 bits per heavy atom. The lowest BCUT2D eigenvalue weighted by molar-refractivity contribution is 0.226. The van der Waals surface area contributed by atoms with Crippen LogP contribution in [0, 0.1) is 17.6 Å². The van der Waals surface area contributed by atoms with E-state index in [1.807, 2.05) is 0 Å². The van der Waals surface area contributed by atoms with Crippen LogP contribution in [0.5, 0.6) is 5.75 Å². The normalized spacial score (nSPS) is 26.5.